The van der Waals surface area contributed by atoms with E-state index < -0.39 is 23.9 Å². The molecule has 4 aliphatic heterocycles. The molecular formula is C47H82N2O10. The van der Waals surface area contributed by atoms with E-state index in [9.17, 15) is 9.59 Å². The van der Waals surface area contributed by atoms with Gasteiger partial charge in [-0.05, 0) is 137 Å². The van der Waals surface area contributed by atoms with Gasteiger partial charge in [0.15, 0.2) is 11.6 Å². The van der Waals surface area contributed by atoms with Crippen molar-refractivity contribution in [2.45, 2.75) is 219 Å². The van der Waals surface area contributed by atoms with E-state index in [1.807, 2.05) is 0 Å². The maximum atomic E-state index is 13.0. The Morgan fingerprint density at radius 2 is 0.814 bits per heavy atom. The highest BCUT2D eigenvalue weighted by Crippen LogP contribution is 2.50. The van der Waals surface area contributed by atoms with Crippen LogP contribution in [0.2, 0.25) is 0 Å². The number of hydrogen-bond donors (Lipinski definition) is 2. The van der Waals surface area contributed by atoms with Crippen LogP contribution < -0.4 is 10.6 Å². The standard InChI is InChI=1S/C47H82N2O10/c1-13-44(29-54-46(55-30-44)23-39(3,4)48-40(5,6)24-46)27-52-37(50)58-35-19-15-33(16-20-35)43(11,12)34-17-21-36(22-18-34)59-38(51)53-28-45(14-2)31-56-47(57-32-45)25-41(7,8)49-42(9,10)26-47/h33-36,48-49H,13-32H2,1-12H3. The van der Waals surface area contributed by atoms with Crippen LogP contribution in [-0.2, 0) is 37.9 Å². The van der Waals surface area contributed by atoms with E-state index in [0.717, 1.165) is 89.9 Å². The Morgan fingerprint density at radius 1 is 0.525 bits per heavy atom. The van der Waals surface area contributed by atoms with Gasteiger partial charge in [-0.25, -0.2) is 9.59 Å². The third-order valence-electron chi connectivity index (χ3n) is 15.2. The van der Waals surface area contributed by atoms with E-state index in [1.54, 1.807) is 0 Å². The summed E-state index contributed by atoms with van der Waals surface area (Å²) in [4.78, 5) is 25.9. The summed E-state index contributed by atoms with van der Waals surface area (Å²) in [5.41, 5.74) is -1.08. The van der Waals surface area contributed by atoms with Crippen molar-refractivity contribution in [3.05, 3.63) is 0 Å². The maximum absolute atomic E-state index is 13.0. The molecule has 0 aromatic carbocycles. The minimum Gasteiger partial charge on any atom is -0.434 e. The number of hydrogen-bond acceptors (Lipinski definition) is 12. The number of rotatable bonds is 10. The van der Waals surface area contributed by atoms with Gasteiger partial charge in [0, 0.05) is 47.8 Å². The SMILES string of the molecule is CCC1(COC(=O)OC2CCC(C(C)(C)C3CCC(OC(=O)OCC4(CC)COC5(CC(C)(C)NC(C)(C)C5)OC4)CC3)CC2)COC2(CC(C)(C)NC(C)(C)C2)OC1. The van der Waals surface area contributed by atoms with Gasteiger partial charge in [0.2, 0.25) is 0 Å². The summed E-state index contributed by atoms with van der Waals surface area (Å²) in [6, 6.07) is 0. The lowest BCUT2D eigenvalue weighted by atomic mass is 9.60. The molecule has 340 valence electrons. The van der Waals surface area contributed by atoms with Gasteiger partial charge in [-0.2, -0.15) is 0 Å². The van der Waals surface area contributed by atoms with Crippen molar-refractivity contribution < 1.29 is 47.5 Å². The zero-order valence-electron chi connectivity index (χ0n) is 39.0. The topological polar surface area (TPSA) is 132 Å². The Balaban J connectivity index is 0.878. The van der Waals surface area contributed by atoms with Crippen LogP contribution in [0.4, 0.5) is 9.59 Å². The second-order valence-electron chi connectivity index (χ2n) is 23.3. The van der Waals surface area contributed by atoms with Crippen molar-refractivity contribution in [3.63, 3.8) is 0 Å². The second-order valence-corrected chi connectivity index (χ2v) is 23.3. The van der Waals surface area contributed by atoms with Crippen molar-refractivity contribution in [1.29, 1.82) is 0 Å². The molecule has 6 aliphatic rings. The van der Waals surface area contributed by atoms with E-state index in [4.69, 9.17) is 37.9 Å². The largest absolute Gasteiger partial charge is 0.508 e. The molecule has 0 aromatic heterocycles. The van der Waals surface area contributed by atoms with Gasteiger partial charge in [0.05, 0.1) is 37.3 Å². The van der Waals surface area contributed by atoms with E-state index in [1.165, 1.54) is 0 Å². The van der Waals surface area contributed by atoms with Gasteiger partial charge in [0.1, 0.15) is 25.4 Å². The molecule has 6 rings (SSSR count). The second kappa shape index (κ2) is 17.1. The van der Waals surface area contributed by atoms with Gasteiger partial charge < -0.3 is 48.5 Å². The van der Waals surface area contributed by atoms with Crippen LogP contribution >= 0.6 is 0 Å². The average molecular weight is 835 g/mol. The lowest BCUT2D eigenvalue weighted by molar-refractivity contribution is -0.332. The summed E-state index contributed by atoms with van der Waals surface area (Å²) in [6.07, 6.45) is 10.6. The molecule has 2 aliphatic carbocycles. The van der Waals surface area contributed by atoms with E-state index in [-0.39, 0.29) is 63.8 Å². The molecule has 0 amide bonds. The quantitative estimate of drug-likeness (QED) is 0.203. The van der Waals surface area contributed by atoms with E-state index in [0.29, 0.717) is 38.3 Å². The number of nitrogens with one attached hydrogen (secondary N) is 2. The van der Waals surface area contributed by atoms with Crippen molar-refractivity contribution in [1.82, 2.24) is 10.6 Å². The normalized spacial score (nSPS) is 32.7. The fourth-order valence-corrected chi connectivity index (χ4v) is 12.3. The Hall–Kier alpha value is -1.70. The van der Waals surface area contributed by atoms with Gasteiger partial charge in [-0.15, -0.1) is 0 Å². The monoisotopic (exact) mass is 835 g/mol. The predicted molar refractivity (Wildman–Crippen MR) is 226 cm³/mol. The molecule has 0 atom stereocenters. The third kappa shape index (κ3) is 11.5. The summed E-state index contributed by atoms with van der Waals surface area (Å²) < 4.78 is 49.3. The Kier molecular flexibility index (Phi) is 13.6. The van der Waals surface area contributed by atoms with Gasteiger partial charge in [0.25, 0.3) is 0 Å². The number of ether oxygens (including phenoxy) is 8. The molecule has 2 spiro atoms. The van der Waals surface area contributed by atoms with Crippen molar-refractivity contribution in [2.24, 2.45) is 28.1 Å². The van der Waals surface area contributed by atoms with Crippen LogP contribution in [0, 0.1) is 28.1 Å². The zero-order chi connectivity index (χ0) is 43.2. The summed E-state index contributed by atoms with van der Waals surface area (Å²) in [7, 11) is 0. The van der Waals surface area contributed by atoms with Crippen LogP contribution in [0.3, 0.4) is 0 Å². The molecule has 2 saturated carbocycles. The van der Waals surface area contributed by atoms with Gasteiger partial charge in [-0.3, -0.25) is 0 Å². The molecule has 6 fully saturated rings. The lowest BCUT2D eigenvalue weighted by Gasteiger charge is -2.55. The van der Waals surface area contributed by atoms with Crippen LogP contribution in [0.5, 0.6) is 0 Å². The fourth-order valence-electron chi connectivity index (χ4n) is 12.3. The highest BCUT2D eigenvalue weighted by molar-refractivity contribution is 5.60. The summed E-state index contributed by atoms with van der Waals surface area (Å²) in [5, 5.41) is 7.41. The minimum atomic E-state index is -0.627. The molecule has 0 unspecified atom stereocenters. The van der Waals surface area contributed by atoms with E-state index >= 15 is 0 Å². The third-order valence-corrected chi connectivity index (χ3v) is 15.2. The van der Waals surface area contributed by atoms with Crippen LogP contribution in [0.25, 0.3) is 0 Å². The molecule has 0 aromatic rings. The minimum absolute atomic E-state index is 0.108. The molecule has 4 saturated heterocycles. The van der Waals surface area contributed by atoms with Crippen LogP contribution in [0.1, 0.15) is 173 Å². The summed E-state index contributed by atoms with van der Waals surface area (Å²) in [5.74, 6) is -0.181. The molecule has 12 heteroatoms. The Labute approximate surface area is 356 Å². The first-order valence-electron chi connectivity index (χ1n) is 23.2. The van der Waals surface area contributed by atoms with Gasteiger partial charge in [-0.1, -0.05) is 27.7 Å². The fraction of sp³-hybridized carbons (Fsp3) is 0.957. The van der Waals surface area contributed by atoms with Crippen molar-refractivity contribution in [2.75, 3.05) is 39.6 Å². The molecule has 0 bridgehead atoms. The zero-order valence-corrected chi connectivity index (χ0v) is 39.0. The first-order chi connectivity index (χ1) is 27.3. The highest BCUT2D eigenvalue weighted by Gasteiger charge is 2.55. The van der Waals surface area contributed by atoms with Crippen LogP contribution in [0.15, 0.2) is 0 Å². The molecule has 12 nitrogen and oxygen atoms in total. The molecule has 2 N–H and O–H groups in total. The first kappa shape index (κ1) is 46.8. The lowest BCUT2D eigenvalue weighted by Crippen LogP contribution is -2.67. The van der Waals surface area contributed by atoms with Crippen molar-refractivity contribution >= 4 is 12.3 Å². The summed E-state index contributed by atoms with van der Waals surface area (Å²) in [6.45, 7) is 28.9. The Morgan fingerprint density at radius 3 is 1.08 bits per heavy atom. The Bertz CT molecular complexity index is 1300. The maximum Gasteiger partial charge on any atom is 0.508 e. The molecule has 4 heterocycles. The van der Waals surface area contributed by atoms with Crippen LogP contribution in [-0.4, -0.2) is 97.9 Å². The molecule has 59 heavy (non-hydrogen) atoms. The average Bonchev–Trinajstić information content (AvgIpc) is 3.13. The first-order valence-corrected chi connectivity index (χ1v) is 23.2. The van der Waals surface area contributed by atoms with E-state index in [2.05, 4.69) is 93.7 Å². The number of carbonyl (C=O) groups excluding carboxylic acids is 2. The van der Waals surface area contributed by atoms with Gasteiger partial charge >= 0.3 is 12.3 Å². The smallest absolute Gasteiger partial charge is 0.434 e. The highest BCUT2D eigenvalue weighted by atomic mass is 16.7. The molecule has 0 radical (unpaired) electrons. The predicted octanol–water partition coefficient (Wildman–Crippen LogP) is 9.60. The summed E-state index contributed by atoms with van der Waals surface area (Å²) >= 11 is 0. The number of carbonyl (C=O) groups is 2. The molecular weight excluding hydrogens is 753 g/mol. The van der Waals surface area contributed by atoms with Crippen molar-refractivity contribution in [3.8, 4) is 0 Å². The number of piperidine rings is 2.